The van der Waals surface area contributed by atoms with E-state index in [1.807, 2.05) is 24.0 Å². The molecule has 0 saturated heterocycles. The number of rotatable bonds is 2. The fraction of sp³-hybridized carbons (Fsp3) is 0.250. The Labute approximate surface area is 98.1 Å². The van der Waals surface area contributed by atoms with Crippen LogP contribution in [0.2, 0.25) is 0 Å². The van der Waals surface area contributed by atoms with Crippen LogP contribution in [-0.4, -0.2) is 9.78 Å². The quantitative estimate of drug-likeness (QED) is 0.761. The Morgan fingerprint density at radius 3 is 2.67 bits per heavy atom. The van der Waals surface area contributed by atoms with Gasteiger partial charge in [-0.3, -0.25) is 0 Å². The molecule has 1 heterocycles. The average Bonchev–Trinajstić information content (AvgIpc) is 2.64. The van der Waals surface area contributed by atoms with Gasteiger partial charge in [-0.1, -0.05) is 33.6 Å². The van der Waals surface area contributed by atoms with E-state index in [1.165, 1.54) is 16.7 Å². The molecular weight excluding hydrogens is 252 g/mol. The first-order valence-corrected chi connectivity index (χ1v) is 6.00. The van der Waals surface area contributed by atoms with E-state index in [2.05, 4.69) is 46.2 Å². The molecule has 78 valence electrons. The molecule has 2 nitrogen and oxygen atoms in total. The predicted octanol–water partition coefficient (Wildman–Crippen LogP) is 3.38. The van der Waals surface area contributed by atoms with Crippen LogP contribution in [0.25, 0.3) is 5.69 Å². The Bertz CT molecular complexity index is 474. The number of alkyl halides is 1. The van der Waals surface area contributed by atoms with Gasteiger partial charge >= 0.3 is 0 Å². The number of benzene rings is 1. The number of hydrogen-bond acceptors (Lipinski definition) is 1. The highest BCUT2D eigenvalue weighted by atomic mass is 79.9. The van der Waals surface area contributed by atoms with E-state index in [4.69, 9.17) is 0 Å². The van der Waals surface area contributed by atoms with Crippen LogP contribution in [0.15, 0.2) is 30.6 Å². The minimum atomic E-state index is 0.850. The Morgan fingerprint density at radius 2 is 2.07 bits per heavy atom. The fourth-order valence-electron chi connectivity index (χ4n) is 1.59. The fourth-order valence-corrected chi connectivity index (χ4v) is 2.04. The lowest BCUT2D eigenvalue weighted by molar-refractivity contribution is 0.871. The molecule has 0 atom stereocenters. The van der Waals surface area contributed by atoms with Gasteiger partial charge in [0.15, 0.2) is 0 Å². The summed E-state index contributed by atoms with van der Waals surface area (Å²) >= 11 is 3.51. The molecule has 0 radical (unpaired) electrons. The number of aryl methyl sites for hydroxylation is 2. The second-order valence-corrected chi connectivity index (χ2v) is 4.29. The van der Waals surface area contributed by atoms with Gasteiger partial charge in [-0.05, 0) is 31.0 Å². The summed E-state index contributed by atoms with van der Waals surface area (Å²) in [6, 6.07) is 6.40. The van der Waals surface area contributed by atoms with E-state index in [0.717, 1.165) is 11.0 Å². The van der Waals surface area contributed by atoms with Gasteiger partial charge in [0.05, 0.1) is 11.9 Å². The Hall–Kier alpha value is -1.09. The molecule has 0 saturated carbocycles. The van der Waals surface area contributed by atoms with E-state index in [1.54, 1.807) is 0 Å². The summed E-state index contributed by atoms with van der Waals surface area (Å²) in [5, 5.41) is 5.17. The van der Waals surface area contributed by atoms with Gasteiger partial charge in [-0.25, -0.2) is 4.68 Å². The summed E-state index contributed by atoms with van der Waals surface area (Å²) in [5.41, 5.74) is 4.86. The van der Waals surface area contributed by atoms with E-state index < -0.39 is 0 Å². The summed E-state index contributed by atoms with van der Waals surface area (Å²) in [5.74, 6) is 0. The third-order valence-electron chi connectivity index (χ3n) is 2.34. The third kappa shape index (κ3) is 2.12. The number of nitrogens with zero attached hydrogens (tertiary/aromatic N) is 2. The highest BCUT2D eigenvalue weighted by molar-refractivity contribution is 9.08. The van der Waals surface area contributed by atoms with Crippen molar-refractivity contribution in [2.45, 2.75) is 19.2 Å². The monoisotopic (exact) mass is 264 g/mol. The Morgan fingerprint density at radius 1 is 1.27 bits per heavy atom. The van der Waals surface area contributed by atoms with Crippen LogP contribution >= 0.6 is 15.9 Å². The second-order valence-electron chi connectivity index (χ2n) is 3.73. The molecule has 0 amide bonds. The molecule has 3 heteroatoms. The molecule has 2 aromatic rings. The highest BCUT2D eigenvalue weighted by Gasteiger charge is 2.04. The molecule has 1 aromatic heterocycles. The number of aromatic nitrogens is 2. The van der Waals surface area contributed by atoms with E-state index >= 15 is 0 Å². The van der Waals surface area contributed by atoms with Crippen molar-refractivity contribution in [1.82, 2.24) is 9.78 Å². The topological polar surface area (TPSA) is 17.8 Å². The SMILES string of the molecule is Cc1ccc(-n2cc(C)cn2)c(CBr)c1. The third-order valence-corrected chi connectivity index (χ3v) is 2.94. The lowest BCUT2D eigenvalue weighted by atomic mass is 10.1. The zero-order valence-corrected chi connectivity index (χ0v) is 10.5. The van der Waals surface area contributed by atoms with E-state index in [9.17, 15) is 0 Å². The molecular formula is C12H13BrN2. The standard InChI is InChI=1S/C12H13BrN2/c1-9-3-4-12(11(5-9)6-13)15-8-10(2)7-14-15/h3-5,7-8H,6H2,1-2H3. The highest BCUT2D eigenvalue weighted by Crippen LogP contribution is 2.18. The van der Waals surface area contributed by atoms with Gasteiger partial charge in [-0.2, -0.15) is 5.10 Å². The molecule has 2 rings (SSSR count). The predicted molar refractivity (Wildman–Crippen MR) is 65.7 cm³/mol. The molecule has 0 bridgehead atoms. The van der Waals surface area contributed by atoms with E-state index in [0.29, 0.717) is 0 Å². The first kappa shape index (κ1) is 10.4. The lowest BCUT2D eigenvalue weighted by Crippen LogP contribution is -1.99. The van der Waals surface area contributed by atoms with Crippen LogP contribution < -0.4 is 0 Å². The number of halogens is 1. The minimum Gasteiger partial charge on any atom is -0.240 e. The van der Waals surface area contributed by atoms with Crippen molar-refractivity contribution in [2.75, 3.05) is 0 Å². The van der Waals surface area contributed by atoms with Gasteiger partial charge in [0, 0.05) is 11.5 Å². The van der Waals surface area contributed by atoms with Crippen molar-refractivity contribution in [2.24, 2.45) is 0 Å². The maximum absolute atomic E-state index is 4.32. The Kier molecular flexibility index (Phi) is 2.91. The number of hydrogen-bond donors (Lipinski definition) is 0. The van der Waals surface area contributed by atoms with Crippen molar-refractivity contribution in [3.63, 3.8) is 0 Å². The van der Waals surface area contributed by atoms with Gasteiger partial charge in [-0.15, -0.1) is 0 Å². The first-order valence-electron chi connectivity index (χ1n) is 4.88. The molecule has 0 spiro atoms. The minimum absolute atomic E-state index is 0.850. The van der Waals surface area contributed by atoms with Gasteiger partial charge < -0.3 is 0 Å². The Balaban J connectivity index is 2.52. The molecule has 0 fully saturated rings. The second kappa shape index (κ2) is 4.19. The van der Waals surface area contributed by atoms with Gasteiger partial charge in [0.2, 0.25) is 0 Å². The van der Waals surface area contributed by atoms with Crippen LogP contribution in [0.5, 0.6) is 0 Å². The van der Waals surface area contributed by atoms with Crippen molar-refractivity contribution in [1.29, 1.82) is 0 Å². The summed E-state index contributed by atoms with van der Waals surface area (Å²) in [7, 11) is 0. The summed E-state index contributed by atoms with van der Waals surface area (Å²) < 4.78 is 1.92. The van der Waals surface area contributed by atoms with E-state index in [-0.39, 0.29) is 0 Å². The van der Waals surface area contributed by atoms with Crippen LogP contribution in [0, 0.1) is 13.8 Å². The largest absolute Gasteiger partial charge is 0.240 e. The zero-order valence-electron chi connectivity index (χ0n) is 8.87. The van der Waals surface area contributed by atoms with Crippen LogP contribution in [0.3, 0.4) is 0 Å². The van der Waals surface area contributed by atoms with Crippen molar-refractivity contribution >= 4 is 15.9 Å². The molecule has 0 aliphatic carbocycles. The maximum Gasteiger partial charge on any atom is 0.0686 e. The summed E-state index contributed by atoms with van der Waals surface area (Å²) in [6.07, 6.45) is 3.91. The van der Waals surface area contributed by atoms with Crippen molar-refractivity contribution < 1.29 is 0 Å². The van der Waals surface area contributed by atoms with Crippen LogP contribution in [0.1, 0.15) is 16.7 Å². The van der Waals surface area contributed by atoms with Crippen molar-refractivity contribution in [3.05, 3.63) is 47.3 Å². The van der Waals surface area contributed by atoms with Crippen LogP contribution in [-0.2, 0) is 5.33 Å². The molecule has 0 N–H and O–H groups in total. The normalized spacial score (nSPS) is 10.6. The van der Waals surface area contributed by atoms with Crippen LogP contribution in [0.4, 0.5) is 0 Å². The van der Waals surface area contributed by atoms with Gasteiger partial charge in [0.1, 0.15) is 0 Å². The maximum atomic E-state index is 4.32. The molecule has 1 aromatic carbocycles. The average molecular weight is 265 g/mol. The summed E-state index contributed by atoms with van der Waals surface area (Å²) in [4.78, 5) is 0. The molecule has 0 aliphatic heterocycles. The molecule has 0 aliphatic rings. The summed E-state index contributed by atoms with van der Waals surface area (Å²) in [6.45, 7) is 4.15. The molecule has 15 heavy (non-hydrogen) atoms. The smallest absolute Gasteiger partial charge is 0.0686 e. The first-order chi connectivity index (χ1) is 7.20. The molecule has 0 unspecified atom stereocenters. The van der Waals surface area contributed by atoms with Crippen molar-refractivity contribution in [3.8, 4) is 5.69 Å². The van der Waals surface area contributed by atoms with Gasteiger partial charge in [0.25, 0.3) is 0 Å². The zero-order chi connectivity index (χ0) is 10.8. The lowest BCUT2D eigenvalue weighted by Gasteiger charge is -2.08.